The quantitative estimate of drug-likeness (QED) is 0.739. The Labute approximate surface area is 174 Å². The van der Waals surface area contributed by atoms with Crippen LogP contribution in [0.1, 0.15) is 40.1 Å². The van der Waals surface area contributed by atoms with E-state index in [2.05, 4.69) is 0 Å². The molecule has 2 aromatic rings. The fraction of sp³-hybridized carbons (Fsp3) is 0.364. The number of carboxylic acid groups (broad SMARTS) is 1. The van der Waals surface area contributed by atoms with Gasteiger partial charge in [0, 0.05) is 38.8 Å². The standard InChI is InChI=1S/C22H24FNO6/c1-22(2)12-16-18(9-13(21(26)27)10-19(16)30-22)29-14-5-6-15(17(23)11-14)20(25)24(3)7-8-28-4/h5-6,9-11H,7-8,12H2,1-4H3,(H,26,27). The maximum absolute atomic E-state index is 14.6. The van der Waals surface area contributed by atoms with Gasteiger partial charge >= 0.3 is 5.97 Å². The molecule has 160 valence electrons. The van der Waals surface area contributed by atoms with Crippen LogP contribution in [0.5, 0.6) is 17.2 Å². The van der Waals surface area contributed by atoms with E-state index in [0.29, 0.717) is 30.9 Å². The number of likely N-dealkylation sites (N-methyl/N-ethyl adjacent to an activating group) is 1. The lowest BCUT2D eigenvalue weighted by Crippen LogP contribution is -2.30. The number of carbonyl (C=O) groups excluding carboxylic acids is 1. The van der Waals surface area contributed by atoms with Crippen molar-refractivity contribution < 1.29 is 33.3 Å². The largest absolute Gasteiger partial charge is 0.487 e. The van der Waals surface area contributed by atoms with E-state index >= 15 is 0 Å². The van der Waals surface area contributed by atoms with Gasteiger partial charge in [0.05, 0.1) is 17.7 Å². The maximum atomic E-state index is 14.6. The average molecular weight is 417 g/mol. The number of fused-ring (bicyclic) bond motifs is 1. The van der Waals surface area contributed by atoms with Crippen molar-refractivity contribution in [3.05, 3.63) is 52.8 Å². The van der Waals surface area contributed by atoms with Crippen LogP contribution in [0.25, 0.3) is 0 Å². The van der Waals surface area contributed by atoms with Crippen LogP contribution in [-0.4, -0.2) is 54.8 Å². The van der Waals surface area contributed by atoms with Crippen LogP contribution in [0, 0.1) is 5.82 Å². The highest BCUT2D eigenvalue weighted by atomic mass is 19.1. The van der Waals surface area contributed by atoms with Crippen molar-refractivity contribution in [3.8, 4) is 17.2 Å². The number of aromatic carboxylic acids is 1. The molecule has 0 aliphatic carbocycles. The van der Waals surface area contributed by atoms with Crippen molar-refractivity contribution in [1.29, 1.82) is 0 Å². The normalized spacial score (nSPS) is 14.0. The van der Waals surface area contributed by atoms with Gasteiger partial charge in [-0.05, 0) is 38.1 Å². The average Bonchev–Trinajstić information content (AvgIpc) is 2.99. The Bertz CT molecular complexity index is 988. The molecule has 1 amide bonds. The lowest BCUT2D eigenvalue weighted by atomic mass is 10.00. The van der Waals surface area contributed by atoms with E-state index in [9.17, 15) is 19.1 Å². The SMILES string of the molecule is COCCN(C)C(=O)c1ccc(Oc2cc(C(=O)O)cc3c2CC(C)(C)O3)cc1F. The van der Waals surface area contributed by atoms with Crippen molar-refractivity contribution in [2.24, 2.45) is 0 Å². The highest BCUT2D eigenvalue weighted by molar-refractivity contribution is 5.94. The van der Waals surface area contributed by atoms with E-state index in [-0.39, 0.29) is 22.6 Å². The van der Waals surface area contributed by atoms with E-state index in [1.54, 1.807) is 7.05 Å². The first-order chi connectivity index (χ1) is 14.1. The fourth-order valence-corrected chi connectivity index (χ4v) is 3.25. The molecule has 2 aromatic carbocycles. The third-order valence-corrected chi connectivity index (χ3v) is 4.78. The summed E-state index contributed by atoms with van der Waals surface area (Å²) < 4.78 is 31.2. The summed E-state index contributed by atoms with van der Waals surface area (Å²) in [5, 5.41) is 9.37. The molecule has 8 heteroatoms. The van der Waals surface area contributed by atoms with Gasteiger partial charge in [-0.3, -0.25) is 4.79 Å². The smallest absolute Gasteiger partial charge is 0.335 e. The van der Waals surface area contributed by atoms with Crippen molar-refractivity contribution >= 4 is 11.9 Å². The summed E-state index contributed by atoms with van der Waals surface area (Å²) >= 11 is 0. The Kier molecular flexibility index (Phi) is 5.98. The molecular weight excluding hydrogens is 393 g/mol. The highest BCUT2D eigenvalue weighted by Crippen LogP contribution is 2.43. The number of halogens is 1. The topological polar surface area (TPSA) is 85.3 Å². The van der Waals surface area contributed by atoms with Gasteiger partial charge < -0.3 is 24.2 Å². The van der Waals surface area contributed by atoms with Crippen LogP contribution in [0.4, 0.5) is 4.39 Å². The fourth-order valence-electron chi connectivity index (χ4n) is 3.25. The number of carbonyl (C=O) groups is 2. The minimum atomic E-state index is -1.12. The van der Waals surface area contributed by atoms with Gasteiger partial charge in [0.1, 0.15) is 28.7 Å². The minimum absolute atomic E-state index is 0.00786. The zero-order valence-corrected chi connectivity index (χ0v) is 17.3. The third kappa shape index (κ3) is 4.54. The predicted molar refractivity (Wildman–Crippen MR) is 107 cm³/mol. The second kappa shape index (κ2) is 8.31. The molecule has 1 aliphatic heterocycles. The summed E-state index contributed by atoms with van der Waals surface area (Å²) in [4.78, 5) is 25.2. The molecule has 0 saturated carbocycles. The van der Waals surface area contributed by atoms with Crippen molar-refractivity contribution in [2.75, 3.05) is 27.3 Å². The molecule has 1 aliphatic rings. The van der Waals surface area contributed by atoms with E-state index in [0.717, 1.165) is 6.07 Å². The Morgan fingerprint density at radius 3 is 2.63 bits per heavy atom. The number of amides is 1. The van der Waals surface area contributed by atoms with E-state index in [1.165, 1.54) is 36.3 Å². The zero-order chi connectivity index (χ0) is 22.1. The van der Waals surface area contributed by atoms with Crippen LogP contribution >= 0.6 is 0 Å². The minimum Gasteiger partial charge on any atom is -0.487 e. The number of nitrogens with zero attached hydrogens (tertiary/aromatic N) is 1. The van der Waals surface area contributed by atoms with E-state index in [1.807, 2.05) is 13.8 Å². The summed E-state index contributed by atoms with van der Waals surface area (Å²) in [7, 11) is 3.08. The number of methoxy groups -OCH3 is 1. The van der Waals surface area contributed by atoms with E-state index in [4.69, 9.17) is 14.2 Å². The van der Waals surface area contributed by atoms with Crippen LogP contribution in [0.3, 0.4) is 0 Å². The first-order valence-corrected chi connectivity index (χ1v) is 9.42. The molecule has 0 aromatic heterocycles. The Morgan fingerprint density at radius 1 is 1.27 bits per heavy atom. The van der Waals surface area contributed by atoms with E-state index < -0.39 is 23.3 Å². The van der Waals surface area contributed by atoms with Gasteiger partial charge in [0.2, 0.25) is 0 Å². The van der Waals surface area contributed by atoms with Gasteiger partial charge in [-0.25, -0.2) is 9.18 Å². The lowest BCUT2D eigenvalue weighted by molar-refractivity contribution is 0.0693. The van der Waals surface area contributed by atoms with Crippen molar-refractivity contribution in [1.82, 2.24) is 4.90 Å². The third-order valence-electron chi connectivity index (χ3n) is 4.78. The predicted octanol–water partition coefficient (Wildman–Crippen LogP) is 3.75. The second-order valence-electron chi connectivity index (χ2n) is 7.76. The summed E-state index contributed by atoms with van der Waals surface area (Å²) in [5.74, 6) is -1.46. The lowest BCUT2D eigenvalue weighted by Gasteiger charge is -2.17. The molecule has 1 heterocycles. The maximum Gasteiger partial charge on any atom is 0.335 e. The molecule has 0 bridgehead atoms. The van der Waals surface area contributed by atoms with Crippen LogP contribution in [0.15, 0.2) is 30.3 Å². The monoisotopic (exact) mass is 417 g/mol. The summed E-state index contributed by atoms with van der Waals surface area (Å²) in [6, 6.07) is 6.77. The first kappa shape index (κ1) is 21.6. The Balaban J connectivity index is 1.88. The number of benzene rings is 2. The number of ether oxygens (including phenoxy) is 3. The number of carboxylic acids is 1. The number of rotatable bonds is 7. The number of hydrogen-bond acceptors (Lipinski definition) is 5. The second-order valence-corrected chi connectivity index (χ2v) is 7.76. The van der Waals surface area contributed by atoms with Crippen LogP contribution in [0.2, 0.25) is 0 Å². The molecule has 0 atom stereocenters. The van der Waals surface area contributed by atoms with Gasteiger partial charge in [0.15, 0.2) is 0 Å². The van der Waals surface area contributed by atoms with Gasteiger partial charge in [0.25, 0.3) is 5.91 Å². The molecule has 3 rings (SSSR count). The molecule has 0 spiro atoms. The Hall–Kier alpha value is -3.13. The number of hydrogen-bond donors (Lipinski definition) is 1. The summed E-state index contributed by atoms with van der Waals surface area (Å²) in [5.41, 5.74) is 0.125. The molecule has 0 unspecified atom stereocenters. The molecule has 30 heavy (non-hydrogen) atoms. The van der Waals surface area contributed by atoms with Gasteiger partial charge in [-0.15, -0.1) is 0 Å². The zero-order valence-electron chi connectivity index (χ0n) is 17.3. The summed E-state index contributed by atoms with van der Waals surface area (Å²) in [6.45, 7) is 4.44. The van der Waals surface area contributed by atoms with Gasteiger partial charge in [-0.2, -0.15) is 0 Å². The molecule has 0 saturated heterocycles. The summed E-state index contributed by atoms with van der Waals surface area (Å²) in [6.07, 6.45) is 0.515. The van der Waals surface area contributed by atoms with Crippen LogP contribution < -0.4 is 9.47 Å². The van der Waals surface area contributed by atoms with Crippen LogP contribution in [-0.2, 0) is 11.2 Å². The highest BCUT2D eigenvalue weighted by Gasteiger charge is 2.34. The molecule has 0 fully saturated rings. The molecular formula is C22H24FNO6. The van der Waals surface area contributed by atoms with Crippen molar-refractivity contribution in [3.63, 3.8) is 0 Å². The molecule has 0 radical (unpaired) electrons. The first-order valence-electron chi connectivity index (χ1n) is 9.42. The van der Waals surface area contributed by atoms with Crippen molar-refractivity contribution in [2.45, 2.75) is 25.9 Å². The Morgan fingerprint density at radius 2 is 2.00 bits per heavy atom. The molecule has 7 nitrogen and oxygen atoms in total. The van der Waals surface area contributed by atoms with Gasteiger partial charge in [-0.1, -0.05) is 0 Å². The molecule has 1 N–H and O–H groups in total.